The molecule has 0 heterocycles. The van der Waals surface area contributed by atoms with Crippen molar-refractivity contribution in [2.45, 2.75) is 30.9 Å². The lowest BCUT2D eigenvalue weighted by Crippen LogP contribution is -2.40. The van der Waals surface area contributed by atoms with Gasteiger partial charge in [-0.05, 0) is 26.0 Å². The molecule has 0 radical (unpaired) electrons. The molecule has 0 saturated carbocycles. The van der Waals surface area contributed by atoms with E-state index in [1.165, 1.54) is 26.0 Å². The number of nitrogens with zero attached hydrogens (tertiary/aromatic N) is 1. The fourth-order valence-electron chi connectivity index (χ4n) is 1.31. The number of halogens is 1. The fourth-order valence-corrected chi connectivity index (χ4v) is 2.58. The molecule has 0 spiro atoms. The molecule has 0 unspecified atom stereocenters. The number of nitriles is 1. The van der Waals surface area contributed by atoms with E-state index < -0.39 is 38.9 Å². The van der Waals surface area contributed by atoms with Crippen LogP contribution in [0.25, 0.3) is 0 Å². The van der Waals surface area contributed by atoms with E-state index in [-0.39, 0.29) is 0 Å². The minimum atomic E-state index is -4.19. The lowest BCUT2D eigenvalue weighted by atomic mass is 10.3. The molecule has 0 amide bonds. The van der Waals surface area contributed by atoms with Crippen LogP contribution < -0.4 is 4.72 Å². The quantitative estimate of drug-likeness (QED) is 0.817. The third kappa shape index (κ3) is 4.01. The molecule has 0 aliphatic carbocycles. The van der Waals surface area contributed by atoms with Crippen molar-refractivity contribution < 1.29 is 22.3 Å². The highest BCUT2D eigenvalue weighted by atomic mass is 32.2. The number of esters is 1. The number of nitrogens with one attached hydrogen (secondary N) is 1. The second kappa shape index (κ2) is 6.45. The largest absolute Gasteiger partial charge is 0.446 e. The number of benzene rings is 1. The van der Waals surface area contributed by atoms with Crippen LogP contribution in [0.2, 0.25) is 0 Å². The summed E-state index contributed by atoms with van der Waals surface area (Å²) in [6.45, 7) is 2.58. The normalized spacial score (nSPS) is 14.1. The highest BCUT2D eigenvalue weighted by molar-refractivity contribution is 7.89. The van der Waals surface area contributed by atoms with E-state index in [2.05, 4.69) is 4.74 Å². The molecule has 0 saturated heterocycles. The second-order valence-corrected chi connectivity index (χ2v) is 5.66. The Balaban J connectivity index is 2.85. The Morgan fingerprint density at radius 1 is 1.40 bits per heavy atom. The molecule has 0 aliphatic heterocycles. The summed E-state index contributed by atoms with van der Waals surface area (Å²) in [7, 11) is -4.19. The third-order valence-electron chi connectivity index (χ3n) is 2.29. The summed E-state index contributed by atoms with van der Waals surface area (Å²) in [5.74, 6) is -1.84. The van der Waals surface area contributed by atoms with E-state index in [4.69, 9.17) is 5.26 Å². The van der Waals surface area contributed by atoms with Gasteiger partial charge in [-0.2, -0.15) is 9.98 Å². The first-order chi connectivity index (χ1) is 9.27. The predicted octanol–water partition coefficient (Wildman–Crippen LogP) is 0.948. The van der Waals surface area contributed by atoms with Gasteiger partial charge in [-0.1, -0.05) is 12.1 Å². The number of hydrogen-bond donors (Lipinski definition) is 1. The number of sulfonamides is 1. The predicted molar refractivity (Wildman–Crippen MR) is 67.4 cm³/mol. The summed E-state index contributed by atoms with van der Waals surface area (Å²) >= 11 is 0. The van der Waals surface area contributed by atoms with Gasteiger partial charge in [-0.15, -0.1) is 0 Å². The van der Waals surface area contributed by atoms with Crippen LogP contribution in [0.15, 0.2) is 29.2 Å². The highest BCUT2D eigenvalue weighted by Crippen LogP contribution is 2.13. The Morgan fingerprint density at radius 3 is 2.55 bits per heavy atom. The maximum atomic E-state index is 13.4. The van der Waals surface area contributed by atoms with E-state index in [9.17, 15) is 17.6 Å². The maximum Gasteiger partial charge on any atom is 0.325 e. The third-order valence-corrected chi connectivity index (χ3v) is 3.86. The minimum absolute atomic E-state index is 0.562. The lowest BCUT2D eigenvalue weighted by Gasteiger charge is -2.14. The lowest BCUT2D eigenvalue weighted by molar-refractivity contribution is -0.147. The molecule has 0 bridgehead atoms. The zero-order valence-electron chi connectivity index (χ0n) is 10.8. The molecule has 0 fully saturated rings. The number of ether oxygens (including phenoxy) is 1. The molecular weight excluding hydrogens is 287 g/mol. The second-order valence-electron chi connectivity index (χ2n) is 3.98. The topological polar surface area (TPSA) is 96.3 Å². The summed E-state index contributed by atoms with van der Waals surface area (Å²) < 4.78 is 43.9. The zero-order chi connectivity index (χ0) is 15.3. The molecule has 108 valence electrons. The van der Waals surface area contributed by atoms with Gasteiger partial charge in [0.2, 0.25) is 10.0 Å². The van der Waals surface area contributed by atoms with Crippen LogP contribution >= 0.6 is 0 Å². The van der Waals surface area contributed by atoms with Gasteiger partial charge in [0.15, 0.2) is 6.10 Å². The van der Waals surface area contributed by atoms with Gasteiger partial charge in [0.25, 0.3) is 0 Å². The molecule has 2 atom stereocenters. The molecule has 6 nitrogen and oxygen atoms in total. The minimum Gasteiger partial charge on any atom is -0.446 e. The van der Waals surface area contributed by atoms with Gasteiger partial charge in [0, 0.05) is 0 Å². The van der Waals surface area contributed by atoms with Crippen molar-refractivity contribution in [1.82, 2.24) is 4.72 Å². The van der Waals surface area contributed by atoms with Crippen LogP contribution in [-0.4, -0.2) is 26.5 Å². The number of carbonyl (C=O) groups excluding carboxylic acids is 1. The number of rotatable bonds is 5. The molecule has 20 heavy (non-hydrogen) atoms. The van der Waals surface area contributed by atoms with Crippen LogP contribution in [0.5, 0.6) is 0 Å². The summed E-state index contributed by atoms with van der Waals surface area (Å²) in [6.07, 6.45) is -0.997. The molecule has 1 N–H and O–H groups in total. The molecule has 1 aromatic carbocycles. The van der Waals surface area contributed by atoms with Gasteiger partial charge in [-0.25, -0.2) is 12.8 Å². The van der Waals surface area contributed by atoms with E-state index >= 15 is 0 Å². The first-order valence-corrected chi connectivity index (χ1v) is 7.13. The van der Waals surface area contributed by atoms with Crippen LogP contribution in [0, 0.1) is 17.1 Å². The van der Waals surface area contributed by atoms with E-state index in [1.54, 1.807) is 6.07 Å². The fraction of sp³-hybridized carbons (Fsp3) is 0.333. The summed E-state index contributed by atoms with van der Waals surface area (Å²) in [5, 5.41) is 8.50. The van der Waals surface area contributed by atoms with E-state index in [0.717, 1.165) is 12.1 Å². The Labute approximate surface area is 116 Å². The summed E-state index contributed by atoms with van der Waals surface area (Å²) in [4.78, 5) is 11.0. The molecular formula is C12H13FN2O4S. The van der Waals surface area contributed by atoms with Crippen molar-refractivity contribution in [2.24, 2.45) is 0 Å². The van der Waals surface area contributed by atoms with Crippen LogP contribution in [-0.2, 0) is 19.6 Å². The monoisotopic (exact) mass is 300 g/mol. The molecule has 0 aromatic heterocycles. The summed E-state index contributed by atoms with van der Waals surface area (Å²) in [6, 6.07) is 5.21. The standard InChI is InChI=1S/C12H13FN2O4S/c1-8(7-14)19-12(16)9(2)15-20(17,18)11-6-4-3-5-10(11)13/h3-6,8-9,15H,1-2H3/t8-,9-/m0/s1. The SMILES string of the molecule is C[C@H](NS(=O)(=O)c1ccccc1F)C(=O)O[C@@H](C)C#N. The number of hydrogen-bond acceptors (Lipinski definition) is 5. The average Bonchev–Trinajstić information content (AvgIpc) is 2.38. The van der Waals surface area contributed by atoms with Gasteiger partial charge in [0.1, 0.15) is 22.8 Å². The molecule has 1 aromatic rings. The Bertz CT molecular complexity index is 639. The smallest absolute Gasteiger partial charge is 0.325 e. The van der Waals surface area contributed by atoms with E-state index in [1.807, 2.05) is 4.72 Å². The Kier molecular flexibility index (Phi) is 5.19. The van der Waals surface area contributed by atoms with Crippen LogP contribution in [0.1, 0.15) is 13.8 Å². The first-order valence-electron chi connectivity index (χ1n) is 5.65. The van der Waals surface area contributed by atoms with Crippen molar-refractivity contribution in [3.05, 3.63) is 30.1 Å². The molecule has 1 rings (SSSR count). The molecule has 0 aliphatic rings. The Morgan fingerprint density at radius 2 is 2.00 bits per heavy atom. The van der Waals surface area contributed by atoms with Crippen molar-refractivity contribution in [3.63, 3.8) is 0 Å². The average molecular weight is 300 g/mol. The van der Waals surface area contributed by atoms with Gasteiger partial charge >= 0.3 is 5.97 Å². The van der Waals surface area contributed by atoms with Gasteiger partial charge < -0.3 is 4.74 Å². The van der Waals surface area contributed by atoms with Crippen molar-refractivity contribution in [1.29, 1.82) is 5.26 Å². The maximum absolute atomic E-state index is 13.4. The zero-order valence-corrected chi connectivity index (χ0v) is 11.6. The van der Waals surface area contributed by atoms with Gasteiger partial charge in [0.05, 0.1) is 0 Å². The molecule has 8 heteroatoms. The van der Waals surface area contributed by atoms with E-state index in [0.29, 0.717) is 0 Å². The van der Waals surface area contributed by atoms with Crippen molar-refractivity contribution in [3.8, 4) is 6.07 Å². The summed E-state index contributed by atoms with van der Waals surface area (Å²) in [5.41, 5.74) is 0. The number of carbonyl (C=O) groups is 1. The van der Waals surface area contributed by atoms with Crippen LogP contribution in [0.4, 0.5) is 4.39 Å². The Hall–Kier alpha value is -1.98. The van der Waals surface area contributed by atoms with Crippen molar-refractivity contribution >= 4 is 16.0 Å². The van der Waals surface area contributed by atoms with Crippen LogP contribution in [0.3, 0.4) is 0 Å². The first kappa shape index (κ1) is 16.1. The highest BCUT2D eigenvalue weighted by Gasteiger charge is 2.26. The van der Waals surface area contributed by atoms with Crippen molar-refractivity contribution in [2.75, 3.05) is 0 Å². The van der Waals surface area contributed by atoms with Gasteiger partial charge in [-0.3, -0.25) is 4.79 Å².